The molecule has 22 heavy (non-hydrogen) atoms. The second kappa shape index (κ2) is 6.34. The first-order valence-electron chi connectivity index (χ1n) is 6.57. The maximum atomic E-state index is 4.11. The molecule has 0 radical (unpaired) electrons. The molecule has 0 saturated carbocycles. The van der Waals surface area contributed by atoms with Crippen LogP contribution in [0.5, 0.6) is 0 Å². The summed E-state index contributed by atoms with van der Waals surface area (Å²) < 4.78 is 0. The van der Waals surface area contributed by atoms with Crippen LogP contribution in [0.3, 0.4) is 0 Å². The third kappa shape index (κ3) is 2.23. The molecule has 4 heterocycles. The minimum atomic E-state index is -1.53. The molecule has 106 valence electrons. The minimum absolute atomic E-state index is 0. The summed E-state index contributed by atoms with van der Waals surface area (Å²) in [4.78, 5) is 0. The molecule has 4 aromatic heterocycles. The Morgan fingerprint density at radius 1 is 0.591 bits per heavy atom. The van der Waals surface area contributed by atoms with Crippen LogP contribution < -0.4 is 73.8 Å². The van der Waals surface area contributed by atoms with E-state index in [0.717, 1.165) is 22.4 Å². The summed E-state index contributed by atoms with van der Waals surface area (Å²) in [7, 11) is 0. The Bertz CT molecular complexity index is 655. The maximum absolute atomic E-state index is 4.11. The van der Waals surface area contributed by atoms with Gasteiger partial charge in [-0.05, 0) is 0 Å². The predicted octanol–water partition coefficient (Wildman–Crippen LogP) is -4.93. The van der Waals surface area contributed by atoms with Crippen molar-refractivity contribution in [2.75, 3.05) is 0 Å². The third-order valence-corrected chi connectivity index (χ3v) is 3.96. The van der Waals surface area contributed by atoms with Gasteiger partial charge in [0.05, 0.1) is 0 Å². The molecule has 0 bridgehead atoms. The Balaban J connectivity index is 0.000000960. The van der Waals surface area contributed by atoms with Crippen molar-refractivity contribution in [1.29, 1.82) is 0 Å². The Hall–Kier alpha value is -1.46. The fourth-order valence-corrected chi connectivity index (χ4v) is 3.04. The van der Waals surface area contributed by atoms with Crippen molar-refractivity contribution in [3.63, 3.8) is 0 Å². The van der Waals surface area contributed by atoms with Crippen LogP contribution in [-0.2, 0) is 0 Å². The Morgan fingerprint density at radius 3 is 1.05 bits per heavy atom. The van der Waals surface area contributed by atoms with E-state index < -0.39 is 6.15 Å². The Labute approximate surface area is 169 Å². The quantitative estimate of drug-likeness (QED) is 0.282. The maximum Gasteiger partial charge on any atom is 1.00 e. The van der Waals surface area contributed by atoms with Crippen molar-refractivity contribution in [3.8, 4) is 0 Å². The van der Waals surface area contributed by atoms with Crippen LogP contribution in [0, 0.1) is 0 Å². The molecule has 8 nitrogen and oxygen atoms in total. The molecule has 0 aromatic carbocycles. The monoisotopic (exact) mass is 319 g/mol. The number of nitrogens with one attached hydrogen (secondary N) is 4. The van der Waals surface area contributed by atoms with E-state index in [4.69, 9.17) is 0 Å². The number of hydrogen-bond acceptors (Lipinski definition) is 4. The van der Waals surface area contributed by atoms with Gasteiger partial charge in [-0.15, -0.1) is 22.4 Å². The van der Waals surface area contributed by atoms with E-state index in [1.807, 2.05) is 24.3 Å². The first kappa shape index (κ1) is 15.4. The van der Waals surface area contributed by atoms with Crippen LogP contribution in [0.25, 0.3) is 0 Å². The van der Waals surface area contributed by atoms with E-state index in [0.29, 0.717) is 0 Å². The average molecular weight is 319 g/mol. The van der Waals surface area contributed by atoms with Gasteiger partial charge in [0, 0.05) is 24.8 Å². The molecule has 0 unspecified atom stereocenters. The van der Waals surface area contributed by atoms with Crippen LogP contribution in [0.15, 0.2) is 49.1 Å². The van der Waals surface area contributed by atoms with Gasteiger partial charge in [0.15, 0.2) is 6.15 Å². The summed E-state index contributed by atoms with van der Waals surface area (Å²) in [6.45, 7) is 0. The zero-order valence-corrected chi connectivity index (χ0v) is 15.1. The van der Waals surface area contributed by atoms with Crippen LogP contribution in [0.1, 0.15) is 1.43 Å². The van der Waals surface area contributed by atoms with E-state index in [-0.39, 0.29) is 52.8 Å². The van der Waals surface area contributed by atoms with Gasteiger partial charge < -0.3 is 21.8 Å². The standard InChI is InChI=1S/C12H12BN8.K.H/c1-5-14-18-9(1)13(10-2-6-15-19-10,11-3-7-16-20-11)12-4-8-17-21-12;;/h1-8H,(H,14,18)(H,15,19)(H,16,20)(H,17,21);;/q-1;+1;-1. The first-order chi connectivity index (χ1) is 10.4. The van der Waals surface area contributed by atoms with Crippen molar-refractivity contribution in [3.05, 3.63) is 49.1 Å². The van der Waals surface area contributed by atoms with Crippen molar-refractivity contribution >= 4 is 28.5 Å². The van der Waals surface area contributed by atoms with E-state index >= 15 is 0 Å². The zero-order chi connectivity index (χ0) is 14.1. The molecule has 0 saturated heterocycles. The van der Waals surface area contributed by atoms with Gasteiger partial charge in [-0.3, -0.25) is 0 Å². The molecule has 0 atom stereocenters. The molecular weight excluding hydrogens is 306 g/mol. The molecular formula is C12H13BKN8-. The molecule has 0 spiro atoms. The summed E-state index contributed by atoms with van der Waals surface area (Å²) in [5.41, 5.74) is 3.75. The van der Waals surface area contributed by atoms with Crippen molar-refractivity contribution < 1.29 is 52.8 Å². The van der Waals surface area contributed by atoms with Gasteiger partial charge in [-0.25, -0.2) is 0 Å². The molecule has 0 aliphatic heterocycles. The zero-order valence-electron chi connectivity index (χ0n) is 13.0. The van der Waals surface area contributed by atoms with Gasteiger partial charge in [-0.1, -0.05) is 24.3 Å². The SMILES string of the molecule is [H-].[K+].c1cc([B-](c2ccn[nH]2)(c2ccn[nH]2)c2ccn[nH]2)[nH]n1. The van der Waals surface area contributed by atoms with Crippen molar-refractivity contribution in [2.45, 2.75) is 0 Å². The smallest absolute Gasteiger partial charge is 1.00 e. The van der Waals surface area contributed by atoms with Gasteiger partial charge in [0.25, 0.3) is 0 Å². The number of nitrogens with zero attached hydrogens (tertiary/aromatic N) is 4. The van der Waals surface area contributed by atoms with E-state index in [1.165, 1.54) is 0 Å². The number of hydrogen-bond donors (Lipinski definition) is 4. The normalized spacial score (nSPS) is 11.3. The predicted molar refractivity (Wildman–Crippen MR) is 79.8 cm³/mol. The van der Waals surface area contributed by atoms with Crippen LogP contribution in [-0.4, -0.2) is 46.9 Å². The second-order valence-corrected chi connectivity index (χ2v) is 4.91. The van der Waals surface area contributed by atoms with E-state index in [1.54, 1.807) is 24.8 Å². The second-order valence-electron chi connectivity index (χ2n) is 4.91. The summed E-state index contributed by atoms with van der Waals surface area (Å²) in [5.74, 6) is 0. The van der Waals surface area contributed by atoms with E-state index in [2.05, 4.69) is 40.8 Å². The molecule has 0 aliphatic rings. The molecule has 0 aliphatic carbocycles. The fourth-order valence-electron chi connectivity index (χ4n) is 3.04. The number of aromatic nitrogens is 8. The molecule has 0 amide bonds. The summed E-state index contributed by atoms with van der Waals surface area (Å²) >= 11 is 0. The minimum Gasteiger partial charge on any atom is -1.00 e. The number of rotatable bonds is 4. The van der Waals surface area contributed by atoms with E-state index in [9.17, 15) is 0 Å². The Kier molecular flexibility index (Phi) is 4.45. The molecule has 10 heteroatoms. The largest absolute Gasteiger partial charge is 1.00 e. The fraction of sp³-hybridized carbons (Fsp3) is 0. The molecule has 0 fully saturated rings. The van der Waals surface area contributed by atoms with Gasteiger partial charge in [-0.2, -0.15) is 20.4 Å². The summed E-state index contributed by atoms with van der Waals surface area (Å²) in [6, 6.07) is 7.79. The van der Waals surface area contributed by atoms with Crippen LogP contribution >= 0.6 is 0 Å². The summed E-state index contributed by atoms with van der Waals surface area (Å²) in [5, 5.41) is 28.7. The third-order valence-electron chi connectivity index (χ3n) is 3.96. The molecule has 4 rings (SSSR count). The van der Waals surface area contributed by atoms with Crippen molar-refractivity contribution in [2.24, 2.45) is 0 Å². The van der Waals surface area contributed by atoms with Crippen LogP contribution in [0.2, 0.25) is 0 Å². The average Bonchev–Trinajstić information content (AvgIpc) is 3.32. The Morgan fingerprint density at radius 2 is 0.864 bits per heavy atom. The topological polar surface area (TPSA) is 115 Å². The first-order valence-corrected chi connectivity index (χ1v) is 6.57. The number of H-pyrrole nitrogens is 4. The van der Waals surface area contributed by atoms with Crippen molar-refractivity contribution in [1.82, 2.24) is 40.8 Å². The van der Waals surface area contributed by atoms with Gasteiger partial charge in [0.1, 0.15) is 0 Å². The van der Waals surface area contributed by atoms with Gasteiger partial charge in [0.2, 0.25) is 0 Å². The van der Waals surface area contributed by atoms with Crippen LogP contribution in [0.4, 0.5) is 0 Å². The van der Waals surface area contributed by atoms with Gasteiger partial charge >= 0.3 is 51.4 Å². The summed E-state index contributed by atoms with van der Waals surface area (Å²) in [6.07, 6.45) is 5.40. The molecule has 4 N–H and O–H groups in total. The molecule has 4 aromatic rings. The number of aromatic amines is 4.